The van der Waals surface area contributed by atoms with E-state index in [0.717, 1.165) is 0 Å². The fraction of sp³-hybridized carbons (Fsp3) is 0.333. The van der Waals surface area contributed by atoms with E-state index in [2.05, 4.69) is 5.10 Å². The predicted octanol–water partition coefficient (Wildman–Crippen LogP) is 3.00. The smallest absolute Gasteiger partial charge is 0.310 e. The van der Waals surface area contributed by atoms with Crippen LogP contribution in [0.5, 0.6) is 0 Å². The van der Waals surface area contributed by atoms with Crippen LogP contribution in [0.15, 0.2) is 42.7 Å². The maximum atomic E-state index is 12.6. The molecule has 0 bridgehead atoms. The molecular weight excluding hydrogens is 278 g/mol. The normalized spacial score (nSPS) is 12.4. The second-order valence-electron chi connectivity index (χ2n) is 4.75. The number of hydrogen-bond donors (Lipinski definition) is 0. The number of ether oxygens (including phenoxy) is 1. The third kappa shape index (κ3) is 4.66. The number of benzene rings is 1. The molecule has 2 aromatic rings. The van der Waals surface area contributed by atoms with Gasteiger partial charge in [0.2, 0.25) is 0 Å². The highest BCUT2D eigenvalue weighted by Gasteiger charge is 2.13. The first-order valence-corrected chi connectivity index (χ1v) is 6.58. The van der Waals surface area contributed by atoms with Crippen LogP contribution in [0.3, 0.4) is 0 Å². The first-order valence-electron chi connectivity index (χ1n) is 6.58. The highest BCUT2D eigenvalue weighted by atomic mass is 19.3. The van der Waals surface area contributed by atoms with Crippen molar-refractivity contribution in [3.63, 3.8) is 0 Å². The largest absolute Gasteiger partial charge is 0.460 e. The van der Waals surface area contributed by atoms with Gasteiger partial charge in [-0.05, 0) is 24.6 Å². The number of rotatable bonds is 6. The van der Waals surface area contributed by atoms with E-state index in [1.807, 2.05) is 0 Å². The molecule has 1 atom stereocenters. The van der Waals surface area contributed by atoms with E-state index in [9.17, 15) is 13.6 Å². The molecule has 0 amide bonds. The Kier molecular flexibility index (Phi) is 5.03. The zero-order valence-electron chi connectivity index (χ0n) is 11.6. The van der Waals surface area contributed by atoms with Gasteiger partial charge in [0.25, 0.3) is 6.43 Å². The van der Waals surface area contributed by atoms with Gasteiger partial charge in [-0.15, -0.1) is 0 Å². The molecule has 0 spiro atoms. The van der Waals surface area contributed by atoms with Gasteiger partial charge in [-0.3, -0.25) is 9.48 Å². The number of hydrogen-bond acceptors (Lipinski definition) is 3. The van der Waals surface area contributed by atoms with Crippen molar-refractivity contribution < 1.29 is 18.3 Å². The number of carbonyl (C=O) groups is 1. The molecule has 1 heterocycles. The Labute approximate surface area is 121 Å². The highest BCUT2D eigenvalue weighted by Crippen LogP contribution is 2.19. The lowest BCUT2D eigenvalue weighted by atomic mass is 10.1. The molecule has 4 nitrogen and oxygen atoms in total. The minimum atomic E-state index is -2.54. The summed E-state index contributed by atoms with van der Waals surface area (Å²) in [5, 5.41) is 4.02. The summed E-state index contributed by atoms with van der Waals surface area (Å²) in [6.07, 6.45) is 0.514. The second kappa shape index (κ2) is 6.97. The Morgan fingerprint density at radius 3 is 2.86 bits per heavy atom. The van der Waals surface area contributed by atoms with Crippen molar-refractivity contribution in [2.24, 2.45) is 0 Å². The Bertz CT molecular complexity index is 585. The number of aromatic nitrogens is 2. The summed E-state index contributed by atoms with van der Waals surface area (Å²) in [6.45, 7) is 2.21. The molecule has 0 N–H and O–H groups in total. The molecule has 1 aromatic carbocycles. The van der Waals surface area contributed by atoms with E-state index in [1.54, 1.807) is 36.1 Å². The SMILES string of the molecule is C[C@H](Cn1cccn1)OC(=O)Cc1cccc(C(F)F)c1. The third-order valence-electron chi connectivity index (χ3n) is 2.89. The van der Waals surface area contributed by atoms with E-state index in [0.29, 0.717) is 12.1 Å². The van der Waals surface area contributed by atoms with Crippen LogP contribution in [0.25, 0.3) is 0 Å². The van der Waals surface area contributed by atoms with E-state index >= 15 is 0 Å². The zero-order chi connectivity index (χ0) is 15.2. The van der Waals surface area contributed by atoms with Crippen LogP contribution >= 0.6 is 0 Å². The number of alkyl halides is 2. The molecule has 0 saturated heterocycles. The zero-order valence-corrected chi connectivity index (χ0v) is 11.6. The lowest BCUT2D eigenvalue weighted by molar-refractivity contribution is -0.148. The monoisotopic (exact) mass is 294 g/mol. The Morgan fingerprint density at radius 1 is 1.38 bits per heavy atom. The van der Waals surface area contributed by atoms with Crippen LogP contribution in [0.2, 0.25) is 0 Å². The van der Waals surface area contributed by atoms with Crippen molar-refractivity contribution in [2.75, 3.05) is 0 Å². The topological polar surface area (TPSA) is 44.1 Å². The molecule has 2 rings (SSSR count). The Hall–Kier alpha value is -2.24. The third-order valence-corrected chi connectivity index (χ3v) is 2.89. The van der Waals surface area contributed by atoms with Gasteiger partial charge in [0.1, 0.15) is 6.10 Å². The van der Waals surface area contributed by atoms with Gasteiger partial charge >= 0.3 is 5.97 Å². The Morgan fingerprint density at radius 2 is 2.19 bits per heavy atom. The summed E-state index contributed by atoms with van der Waals surface area (Å²) in [5.41, 5.74) is 0.425. The fourth-order valence-electron chi connectivity index (χ4n) is 1.98. The van der Waals surface area contributed by atoms with Gasteiger partial charge in [0, 0.05) is 18.0 Å². The van der Waals surface area contributed by atoms with Crippen molar-refractivity contribution in [3.05, 3.63) is 53.9 Å². The van der Waals surface area contributed by atoms with Crippen molar-refractivity contribution >= 4 is 5.97 Å². The maximum Gasteiger partial charge on any atom is 0.310 e. The molecule has 0 aliphatic rings. The summed E-state index contributed by atoms with van der Waals surface area (Å²) in [4.78, 5) is 11.8. The lowest BCUT2D eigenvalue weighted by Crippen LogP contribution is -2.22. The van der Waals surface area contributed by atoms with Crippen molar-refractivity contribution in [1.82, 2.24) is 9.78 Å². The quantitative estimate of drug-likeness (QED) is 0.769. The average molecular weight is 294 g/mol. The van der Waals surface area contributed by atoms with E-state index in [1.165, 1.54) is 18.2 Å². The van der Waals surface area contributed by atoms with Crippen LogP contribution < -0.4 is 0 Å². The maximum absolute atomic E-state index is 12.6. The molecule has 0 unspecified atom stereocenters. The van der Waals surface area contributed by atoms with Crippen LogP contribution in [0, 0.1) is 0 Å². The van der Waals surface area contributed by atoms with Crippen LogP contribution in [-0.4, -0.2) is 21.9 Å². The fourth-order valence-corrected chi connectivity index (χ4v) is 1.98. The summed E-state index contributed by atoms with van der Waals surface area (Å²) < 4.78 is 32.1. The van der Waals surface area contributed by atoms with E-state index in [4.69, 9.17) is 4.74 Å². The molecule has 0 aliphatic carbocycles. The predicted molar refractivity (Wildman–Crippen MR) is 72.9 cm³/mol. The standard InChI is InChI=1S/C15H16F2N2O2/c1-11(10-19-7-3-6-18-19)21-14(20)9-12-4-2-5-13(8-12)15(16)17/h2-8,11,15H,9-10H2,1H3/t11-/m1/s1. The molecule has 0 radical (unpaired) electrons. The molecule has 0 saturated carbocycles. The summed E-state index contributed by atoms with van der Waals surface area (Å²) in [6, 6.07) is 7.58. The lowest BCUT2D eigenvalue weighted by Gasteiger charge is -2.13. The molecule has 0 aliphatic heterocycles. The molecular formula is C15H16F2N2O2. The van der Waals surface area contributed by atoms with Crippen molar-refractivity contribution in [3.8, 4) is 0 Å². The minimum absolute atomic E-state index is 0.0238. The van der Waals surface area contributed by atoms with Crippen LogP contribution in [0.4, 0.5) is 8.78 Å². The first-order chi connectivity index (χ1) is 10.0. The Balaban J connectivity index is 1.88. The second-order valence-corrected chi connectivity index (χ2v) is 4.75. The molecule has 0 fully saturated rings. The van der Waals surface area contributed by atoms with Gasteiger partial charge in [-0.25, -0.2) is 8.78 Å². The number of nitrogens with zero attached hydrogens (tertiary/aromatic N) is 2. The van der Waals surface area contributed by atoms with Crippen LogP contribution in [0.1, 0.15) is 24.5 Å². The number of halogens is 2. The van der Waals surface area contributed by atoms with Gasteiger partial charge in [-0.2, -0.15) is 5.10 Å². The first kappa shape index (κ1) is 15.2. The van der Waals surface area contributed by atoms with Gasteiger partial charge < -0.3 is 4.74 Å². The molecule has 1 aromatic heterocycles. The summed E-state index contributed by atoms with van der Waals surface area (Å²) >= 11 is 0. The van der Waals surface area contributed by atoms with Crippen LogP contribution in [-0.2, 0) is 22.5 Å². The van der Waals surface area contributed by atoms with Crippen molar-refractivity contribution in [2.45, 2.75) is 32.4 Å². The van der Waals surface area contributed by atoms with E-state index in [-0.39, 0.29) is 18.1 Å². The molecule has 6 heteroatoms. The van der Waals surface area contributed by atoms with Gasteiger partial charge in [0.15, 0.2) is 0 Å². The highest BCUT2D eigenvalue weighted by molar-refractivity contribution is 5.72. The average Bonchev–Trinajstić information content (AvgIpc) is 2.91. The summed E-state index contributed by atoms with van der Waals surface area (Å²) in [5.74, 6) is -0.443. The summed E-state index contributed by atoms with van der Waals surface area (Å²) in [7, 11) is 0. The molecule has 112 valence electrons. The van der Waals surface area contributed by atoms with E-state index < -0.39 is 12.4 Å². The number of esters is 1. The van der Waals surface area contributed by atoms with Gasteiger partial charge in [-0.1, -0.05) is 18.2 Å². The van der Waals surface area contributed by atoms with Gasteiger partial charge in [0.05, 0.1) is 13.0 Å². The van der Waals surface area contributed by atoms with Crippen molar-refractivity contribution in [1.29, 1.82) is 0 Å². The number of carbonyl (C=O) groups excluding carboxylic acids is 1. The minimum Gasteiger partial charge on any atom is -0.460 e. The molecule has 21 heavy (non-hydrogen) atoms.